The van der Waals surface area contributed by atoms with E-state index in [1.807, 2.05) is 49.3 Å². The number of hydrogen-bond donors (Lipinski definition) is 0. The van der Waals surface area contributed by atoms with Crippen molar-refractivity contribution in [3.05, 3.63) is 63.1 Å². The number of aryl methyl sites for hydroxylation is 2. The van der Waals surface area contributed by atoms with Crippen molar-refractivity contribution in [3.63, 3.8) is 0 Å². The second-order valence-electron chi connectivity index (χ2n) is 8.02. The average Bonchev–Trinajstić information content (AvgIpc) is 3.18. The van der Waals surface area contributed by atoms with E-state index in [0.717, 1.165) is 16.7 Å². The zero-order valence-corrected chi connectivity index (χ0v) is 18.6. The van der Waals surface area contributed by atoms with Crippen LogP contribution in [0.1, 0.15) is 18.4 Å². The lowest BCUT2D eigenvalue weighted by molar-refractivity contribution is -0.132. The van der Waals surface area contributed by atoms with Gasteiger partial charge in [-0.05, 0) is 26.1 Å². The summed E-state index contributed by atoms with van der Waals surface area (Å²) in [5.74, 6) is 0.0791. The molecular weight excluding hydrogens is 396 g/mol. The number of hydrogen-bond acceptors (Lipinski definition) is 5. The number of rotatable bonds is 9. The number of likely N-dealkylation sites (N-methyl/N-ethyl adjacent to an activating group) is 1. The van der Waals surface area contributed by atoms with Crippen molar-refractivity contribution in [1.29, 1.82) is 0 Å². The summed E-state index contributed by atoms with van der Waals surface area (Å²) in [6.45, 7) is 2.49. The van der Waals surface area contributed by atoms with Gasteiger partial charge >= 0.3 is 5.69 Å². The molecule has 31 heavy (non-hydrogen) atoms. The van der Waals surface area contributed by atoms with Crippen LogP contribution >= 0.6 is 0 Å². The number of nitrogens with zero attached hydrogens (tertiary/aromatic N) is 6. The molecule has 0 N–H and O–H groups in total. The summed E-state index contributed by atoms with van der Waals surface area (Å²) >= 11 is 0. The van der Waals surface area contributed by atoms with E-state index < -0.39 is 5.69 Å². The second kappa shape index (κ2) is 9.74. The minimum absolute atomic E-state index is 0.0791. The van der Waals surface area contributed by atoms with E-state index in [4.69, 9.17) is 0 Å². The number of imidazole rings is 1. The number of fused-ring (bicyclic) bond motifs is 1. The molecule has 2 aromatic heterocycles. The summed E-state index contributed by atoms with van der Waals surface area (Å²) in [7, 11) is 7.03. The second-order valence-corrected chi connectivity index (χ2v) is 8.02. The molecule has 0 atom stereocenters. The van der Waals surface area contributed by atoms with Gasteiger partial charge in [0.15, 0.2) is 11.2 Å². The Balaban J connectivity index is 1.70. The Morgan fingerprint density at radius 3 is 2.42 bits per heavy atom. The van der Waals surface area contributed by atoms with Gasteiger partial charge in [-0.2, -0.15) is 0 Å². The highest BCUT2D eigenvalue weighted by Crippen LogP contribution is 2.10. The maximum absolute atomic E-state index is 12.9. The fourth-order valence-electron chi connectivity index (χ4n) is 3.54. The third-order valence-electron chi connectivity index (χ3n) is 5.39. The highest BCUT2D eigenvalue weighted by atomic mass is 16.2. The molecule has 0 unspecified atom stereocenters. The molecule has 1 aromatic carbocycles. The van der Waals surface area contributed by atoms with Crippen molar-refractivity contribution in [2.75, 3.05) is 27.2 Å². The highest BCUT2D eigenvalue weighted by molar-refractivity contribution is 5.76. The normalized spacial score (nSPS) is 11.4. The molecule has 2 heterocycles. The monoisotopic (exact) mass is 426 g/mol. The van der Waals surface area contributed by atoms with E-state index in [-0.39, 0.29) is 11.5 Å². The molecule has 1 amide bonds. The van der Waals surface area contributed by atoms with Crippen LogP contribution in [0.3, 0.4) is 0 Å². The summed E-state index contributed by atoms with van der Waals surface area (Å²) in [6.07, 6.45) is 2.50. The lowest BCUT2D eigenvalue weighted by atomic mass is 10.2. The Kier molecular flexibility index (Phi) is 7.06. The van der Waals surface area contributed by atoms with Gasteiger partial charge in [0.2, 0.25) is 5.91 Å². The molecule has 3 rings (SSSR count). The molecule has 0 saturated heterocycles. The van der Waals surface area contributed by atoms with Crippen molar-refractivity contribution < 1.29 is 4.79 Å². The fraction of sp³-hybridized carbons (Fsp3) is 0.455. The van der Waals surface area contributed by atoms with Gasteiger partial charge < -0.3 is 14.4 Å². The predicted molar refractivity (Wildman–Crippen MR) is 120 cm³/mol. The van der Waals surface area contributed by atoms with Crippen LogP contribution in [0.2, 0.25) is 0 Å². The fourth-order valence-corrected chi connectivity index (χ4v) is 3.54. The maximum atomic E-state index is 12.9. The van der Waals surface area contributed by atoms with E-state index in [2.05, 4.69) is 9.88 Å². The Bertz CT molecular complexity index is 1160. The Morgan fingerprint density at radius 2 is 1.74 bits per heavy atom. The van der Waals surface area contributed by atoms with Crippen LogP contribution in [0, 0.1) is 0 Å². The quantitative estimate of drug-likeness (QED) is 0.505. The van der Waals surface area contributed by atoms with Crippen LogP contribution in [0.4, 0.5) is 0 Å². The number of aromatic nitrogens is 4. The van der Waals surface area contributed by atoms with Crippen molar-refractivity contribution >= 4 is 17.1 Å². The zero-order valence-electron chi connectivity index (χ0n) is 18.6. The van der Waals surface area contributed by atoms with Crippen molar-refractivity contribution in [2.45, 2.75) is 25.9 Å². The first-order valence-electron chi connectivity index (χ1n) is 10.4. The lowest BCUT2D eigenvalue weighted by Gasteiger charge is -2.24. The molecule has 3 aromatic rings. The Morgan fingerprint density at radius 1 is 1.03 bits per heavy atom. The van der Waals surface area contributed by atoms with Crippen molar-refractivity contribution in [2.24, 2.45) is 14.1 Å². The van der Waals surface area contributed by atoms with Crippen LogP contribution in [-0.2, 0) is 32.0 Å². The first kappa shape index (κ1) is 22.5. The van der Waals surface area contributed by atoms with E-state index in [0.29, 0.717) is 43.6 Å². The summed E-state index contributed by atoms with van der Waals surface area (Å²) < 4.78 is 4.17. The van der Waals surface area contributed by atoms with Crippen LogP contribution in [0.25, 0.3) is 11.2 Å². The summed E-state index contributed by atoms with van der Waals surface area (Å²) in [4.78, 5) is 45.7. The van der Waals surface area contributed by atoms with E-state index in [9.17, 15) is 14.4 Å². The van der Waals surface area contributed by atoms with Gasteiger partial charge in [-0.15, -0.1) is 0 Å². The third kappa shape index (κ3) is 5.11. The molecule has 9 nitrogen and oxygen atoms in total. The molecule has 0 saturated carbocycles. The van der Waals surface area contributed by atoms with Gasteiger partial charge in [-0.25, -0.2) is 9.78 Å². The number of amides is 1. The molecule has 0 radical (unpaired) electrons. The maximum Gasteiger partial charge on any atom is 0.332 e. The predicted octanol–water partition coefficient (Wildman–Crippen LogP) is 0.804. The third-order valence-corrected chi connectivity index (χ3v) is 5.39. The van der Waals surface area contributed by atoms with E-state index >= 15 is 0 Å². The summed E-state index contributed by atoms with van der Waals surface area (Å²) in [6, 6.07) is 9.95. The van der Waals surface area contributed by atoms with Gasteiger partial charge in [0, 0.05) is 46.7 Å². The first-order valence-corrected chi connectivity index (χ1v) is 10.4. The van der Waals surface area contributed by atoms with Gasteiger partial charge in [0.25, 0.3) is 5.56 Å². The minimum Gasteiger partial charge on any atom is -0.337 e. The number of carbonyl (C=O) groups is 1. The van der Waals surface area contributed by atoms with Gasteiger partial charge in [-0.1, -0.05) is 30.3 Å². The van der Waals surface area contributed by atoms with Gasteiger partial charge in [0.05, 0.1) is 6.33 Å². The molecule has 0 aliphatic heterocycles. The van der Waals surface area contributed by atoms with Crippen LogP contribution in [-0.4, -0.2) is 61.6 Å². The molecule has 0 aliphatic rings. The van der Waals surface area contributed by atoms with Crippen LogP contribution in [0.5, 0.6) is 0 Å². The molecule has 0 aliphatic carbocycles. The van der Waals surface area contributed by atoms with E-state index in [1.165, 1.54) is 11.6 Å². The van der Waals surface area contributed by atoms with Crippen molar-refractivity contribution in [1.82, 2.24) is 28.5 Å². The average molecular weight is 427 g/mol. The van der Waals surface area contributed by atoms with Crippen molar-refractivity contribution in [3.8, 4) is 0 Å². The summed E-state index contributed by atoms with van der Waals surface area (Å²) in [5.41, 5.74) is 1.05. The number of benzene rings is 1. The Labute approximate surface area is 181 Å². The molecule has 166 valence electrons. The smallest absolute Gasteiger partial charge is 0.332 e. The highest BCUT2D eigenvalue weighted by Gasteiger charge is 2.16. The van der Waals surface area contributed by atoms with E-state index in [1.54, 1.807) is 17.9 Å². The first-order chi connectivity index (χ1) is 14.8. The largest absolute Gasteiger partial charge is 0.337 e. The standard InChI is InChI=1S/C22H30N6O3/c1-24(2)13-14-27(15-17-9-6-5-7-10-17)18(29)11-8-12-28-16-23-20-19(28)21(30)26(4)22(31)25(20)3/h5-7,9-10,16H,8,11-15H2,1-4H3. The number of carbonyl (C=O) groups excluding carboxylic acids is 1. The van der Waals surface area contributed by atoms with Gasteiger partial charge in [-0.3, -0.25) is 18.7 Å². The molecular formula is C22H30N6O3. The van der Waals surface area contributed by atoms with Gasteiger partial charge in [0.1, 0.15) is 0 Å². The SMILES string of the molecule is CN(C)CCN(Cc1ccccc1)C(=O)CCCn1cnc2c1c(=O)n(C)c(=O)n2C. The molecule has 0 bridgehead atoms. The van der Waals surface area contributed by atoms with Crippen LogP contribution in [0.15, 0.2) is 46.2 Å². The summed E-state index contributed by atoms with van der Waals surface area (Å²) in [5, 5.41) is 0. The Hall–Kier alpha value is -3.20. The molecule has 0 spiro atoms. The topological polar surface area (TPSA) is 85.4 Å². The zero-order chi connectivity index (χ0) is 22.5. The molecule has 0 fully saturated rings. The lowest BCUT2D eigenvalue weighted by Crippen LogP contribution is -2.37. The van der Waals surface area contributed by atoms with Crippen LogP contribution < -0.4 is 11.2 Å². The molecule has 9 heteroatoms. The minimum atomic E-state index is -0.407.